The first-order valence-electron chi connectivity index (χ1n) is 7.74. The second-order valence-corrected chi connectivity index (χ2v) is 7.15. The van der Waals surface area contributed by atoms with Gasteiger partial charge in [0.05, 0.1) is 12.2 Å². The van der Waals surface area contributed by atoms with Crippen LogP contribution in [0.2, 0.25) is 0 Å². The number of hydrogen-bond acceptors (Lipinski definition) is 2. The first kappa shape index (κ1) is 14.4. The molecule has 1 saturated carbocycles. The number of rotatable bonds is 2. The van der Waals surface area contributed by atoms with Gasteiger partial charge in [-0.1, -0.05) is 41.3 Å². The minimum atomic E-state index is 0.112. The van der Waals surface area contributed by atoms with Gasteiger partial charge in [-0.2, -0.15) is 0 Å². The predicted octanol–water partition coefficient (Wildman–Crippen LogP) is 5.02. The summed E-state index contributed by atoms with van der Waals surface area (Å²) < 4.78 is 13.5. The van der Waals surface area contributed by atoms with Crippen LogP contribution in [-0.4, -0.2) is 18.3 Å². The number of aryl methyl sites for hydroxylation is 1. The van der Waals surface area contributed by atoms with Gasteiger partial charge in [-0.3, -0.25) is 0 Å². The standard InChI is InChI=1S/C17H23BrO2/c1-13-5-6-14(18)11-16(13)20-15-7-10-19-17(12-15)8-3-2-4-9-17/h5-6,11,15H,2-4,7-10,12H2,1H3. The van der Waals surface area contributed by atoms with Crippen LogP contribution in [0, 0.1) is 6.92 Å². The summed E-state index contributed by atoms with van der Waals surface area (Å²) in [7, 11) is 0. The monoisotopic (exact) mass is 338 g/mol. The fraction of sp³-hybridized carbons (Fsp3) is 0.647. The van der Waals surface area contributed by atoms with Crippen molar-refractivity contribution in [3.05, 3.63) is 28.2 Å². The highest BCUT2D eigenvalue weighted by atomic mass is 79.9. The lowest BCUT2D eigenvalue weighted by Crippen LogP contribution is -2.45. The Morgan fingerprint density at radius 3 is 2.85 bits per heavy atom. The van der Waals surface area contributed by atoms with Gasteiger partial charge in [0.25, 0.3) is 0 Å². The van der Waals surface area contributed by atoms with E-state index in [1.807, 2.05) is 0 Å². The van der Waals surface area contributed by atoms with Crippen LogP contribution in [0.25, 0.3) is 0 Å². The maximum atomic E-state index is 6.28. The van der Waals surface area contributed by atoms with Crippen molar-refractivity contribution in [1.82, 2.24) is 0 Å². The fourth-order valence-corrected chi connectivity index (χ4v) is 3.85. The lowest BCUT2D eigenvalue weighted by Gasteiger charge is -2.43. The highest BCUT2D eigenvalue weighted by Crippen LogP contribution is 2.40. The van der Waals surface area contributed by atoms with Gasteiger partial charge in [-0.25, -0.2) is 0 Å². The molecule has 3 rings (SSSR count). The van der Waals surface area contributed by atoms with Gasteiger partial charge < -0.3 is 9.47 Å². The van der Waals surface area contributed by atoms with Crippen LogP contribution < -0.4 is 4.74 Å². The van der Waals surface area contributed by atoms with Gasteiger partial charge >= 0.3 is 0 Å². The molecule has 2 nitrogen and oxygen atoms in total. The second kappa shape index (κ2) is 6.07. The molecule has 1 unspecified atom stereocenters. The molecule has 0 bridgehead atoms. The van der Waals surface area contributed by atoms with Crippen molar-refractivity contribution in [3.63, 3.8) is 0 Å². The molecule has 1 aromatic carbocycles. The molecule has 1 aliphatic heterocycles. The van der Waals surface area contributed by atoms with E-state index in [2.05, 4.69) is 41.1 Å². The summed E-state index contributed by atoms with van der Waals surface area (Å²) in [5.74, 6) is 1.01. The molecule has 3 heteroatoms. The molecule has 0 N–H and O–H groups in total. The van der Waals surface area contributed by atoms with Gasteiger partial charge in [0, 0.05) is 17.3 Å². The van der Waals surface area contributed by atoms with Crippen molar-refractivity contribution >= 4 is 15.9 Å². The first-order chi connectivity index (χ1) is 9.67. The first-order valence-corrected chi connectivity index (χ1v) is 8.53. The summed E-state index contributed by atoms with van der Waals surface area (Å²) in [4.78, 5) is 0. The summed E-state index contributed by atoms with van der Waals surface area (Å²) in [6.07, 6.45) is 8.77. The molecule has 1 atom stereocenters. The van der Waals surface area contributed by atoms with Crippen LogP contribution in [-0.2, 0) is 4.74 Å². The highest BCUT2D eigenvalue weighted by molar-refractivity contribution is 9.10. The molecule has 110 valence electrons. The molecule has 0 radical (unpaired) electrons. The Kier molecular flexibility index (Phi) is 4.37. The maximum absolute atomic E-state index is 6.28. The zero-order chi connectivity index (χ0) is 14.0. The van der Waals surface area contributed by atoms with Crippen molar-refractivity contribution in [2.75, 3.05) is 6.61 Å². The van der Waals surface area contributed by atoms with Gasteiger partial charge in [-0.15, -0.1) is 0 Å². The zero-order valence-corrected chi connectivity index (χ0v) is 13.7. The molecule has 1 aliphatic carbocycles. The van der Waals surface area contributed by atoms with Crippen LogP contribution in [0.15, 0.2) is 22.7 Å². The van der Waals surface area contributed by atoms with E-state index >= 15 is 0 Å². The predicted molar refractivity (Wildman–Crippen MR) is 84.3 cm³/mol. The Labute approximate surface area is 130 Å². The van der Waals surface area contributed by atoms with Crippen LogP contribution in [0.5, 0.6) is 5.75 Å². The fourth-order valence-electron chi connectivity index (χ4n) is 3.51. The third kappa shape index (κ3) is 3.20. The van der Waals surface area contributed by atoms with E-state index in [4.69, 9.17) is 9.47 Å². The number of hydrogen-bond donors (Lipinski definition) is 0. The van der Waals surface area contributed by atoms with Crippen LogP contribution in [0.3, 0.4) is 0 Å². The van der Waals surface area contributed by atoms with Crippen LogP contribution in [0.1, 0.15) is 50.5 Å². The van der Waals surface area contributed by atoms with E-state index in [-0.39, 0.29) is 5.60 Å². The second-order valence-electron chi connectivity index (χ2n) is 6.23. The van der Waals surface area contributed by atoms with Gasteiger partial charge in [0.1, 0.15) is 11.9 Å². The van der Waals surface area contributed by atoms with Gasteiger partial charge in [0.15, 0.2) is 0 Å². The molecular formula is C17H23BrO2. The van der Waals surface area contributed by atoms with Crippen molar-refractivity contribution in [3.8, 4) is 5.75 Å². The zero-order valence-electron chi connectivity index (χ0n) is 12.2. The lowest BCUT2D eigenvalue weighted by molar-refractivity contribution is -0.129. The van der Waals surface area contributed by atoms with Crippen molar-refractivity contribution in [1.29, 1.82) is 0 Å². The van der Waals surface area contributed by atoms with E-state index in [1.54, 1.807) is 0 Å². The molecule has 1 aromatic rings. The number of halogens is 1. The molecular weight excluding hydrogens is 316 g/mol. The average molecular weight is 339 g/mol. The van der Waals surface area contributed by atoms with E-state index in [0.29, 0.717) is 6.10 Å². The van der Waals surface area contributed by atoms with Crippen molar-refractivity contribution < 1.29 is 9.47 Å². The smallest absolute Gasteiger partial charge is 0.123 e. The van der Waals surface area contributed by atoms with E-state index < -0.39 is 0 Å². The van der Waals surface area contributed by atoms with Crippen molar-refractivity contribution in [2.45, 2.75) is 63.6 Å². The summed E-state index contributed by atoms with van der Waals surface area (Å²) in [6, 6.07) is 6.25. The molecule has 1 saturated heterocycles. The topological polar surface area (TPSA) is 18.5 Å². The minimum absolute atomic E-state index is 0.112. The van der Waals surface area contributed by atoms with E-state index in [0.717, 1.165) is 29.7 Å². The normalized spacial score (nSPS) is 25.6. The quantitative estimate of drug-likeness (QED) is 0.753. The third-order valence-electron chi connectivity index (χ3n) is 4.66. The molecule has 0 aromatic heterocycles. The number of ether oxygens (including phenoxy) is 2. The molecule has 20 heavy (non-hydrogen) atoms. The maximum Gasteiger partial charge on any atom is 0.123 e. The third-order valence-corrected chi connectivity index (χ3v) is 5.15. The molecule has 2 fully saturated rings. The van der Waals surface area contributed by atoms with Gasteiger partial charge in [0.2, 0.25) is 0 Å². The summed E-state index contributed by atoms with van der Waals surface area (Å²) >= 11 is 3.53. The molecule has 0 amide bonds. The van der Waals surface area contributed by atoms with Crippen LogP contribution in [0.4, 0.5) is 0 Å². The Balaban J connectivity index is 1.69. The highest BCUT2D eigenvalue weighted by Gasteiger charge is 2.39. The van der Waals surface area contributed by atoms with Crippen molar-refractivity contribution in [2.24, 2.45) is 0 Å². The Bertz CT molecular complexity index is 461. The Morgan fingerprint density at radius 1 is 1.25 bits per heavy atom. The lowest BCUT2D eigenvalue weighted by atomic mass is 9.79. The molecule has 1 spiro atoms. The average Bonchev–Trinajstić information content (AvgIpc) is 2.44. The summed E-state index contributed by atoms with van der Waals surface area (Å²) in [5.41, 5.74) is 1.32. The summed E-state index contributed by atoms with van der Waals surface area (Å²) in [6.45, 7) is 2.95. The SMILES string of the molecule is Cc1ccc(Br)cc1OC1CCOC2(CCCCC2)C1. The Hall–Kier alpha value is -0.540. The van der Waals surface area contributed by atoms with E-state index in [9.17, 15) is 0 Å². The van der Waals surface area contributed by atoms with E-state index in [1.165, 1.54) is 37.7 Å². The van der Waals surface area contributed by atoms with Gasteiger partial charge in [-0.05, 0) is 37.5 Å². The minimum Gasteiger partial charge on any atom is -0.490 e. The summed E-state index contributed by atoms with van der Waals surface area (Å²) in [5, 5.41) is 0. The van der Waals surface area contributed by atoms with Crippen LogP contribution >= 0.6 is 15.9 Å². The molecule has 2 aliphatic rings. The number of benzene rings is 1. The molecule has 1 heterocycles. The largest absolute Gasteiger partial charge is 0.490 e. The Morgan fingerprint density at radius 2 is 2.05 bits per heavy atom.